The molecule has 0 radical (unpaired) electrons. The lowest BCUT2D eigenvalue weighted by Gasteiger charge is -2.17. The van der Waals surface area contributed by atoms with Crippen LogP contribution < -0.4 is 14.8 Å². The molecule has 22 heavy (non-hydrogen) atoms. The van der Waals surface area contributed by atoms with Crippen LogP contribution in [0.3, 0.4) is 0 Å². The van der Waals surface area contributed by atoms with E-state index in [2.05, 4.69) is 19.2 Å². The fraction of sp³-hybridized carbons (Fsp3) is 0.611. The molecule has 0 aliphatic heterocycles. The number of hydrogen-bond acceptors (Lipinski definition) is 3. The Morgan fingerprint density at radius 1 is 1.14 bits per heavy atom. The maximum atomic E-state index is 12.5. The summed E-state index contributed by atoms with van der Waals surface area (Å²) in [6, 6.07) is 5.54. The van der Waals surface area contributed by atoms with Gasteiger partial charge in [0.05, 0.1) is 18.9 Å². The van der Waals surface area contributed by atoms with Gasteiger partial charge >= 0.3 is 0 Å². The molecule has 1 unspecified atom stereocenters. The lowest BCUT2D eigenvalue weighted by Crippen LogP contribution is -2.22. The van der Waals surface area contributed by atoms with Crippen molar-refractivity contribution in [1.29, 1.82) is 0 Å². The number of carbonyl (C=O) groups is 1. The summed E-state index contributed by atoms with van der Waals surface area (Å²) in [5.41, 5.74) is 0.688. The molecule has 0 aromatic heterocycles. The van der Waals surface area contributed by atoms with Gasteiger partial charge in [-0.25, -0.2) is 0 Å². The predicted molar refractivity (Wildman–Crippen MR) is 90.7 cm³/mol. The molecule has 0 aliphatic rings. The van der Waals surface area contributed by atoms with Crippen molar-refractivity contribution in [1.82, 2.24) is 0 Å². The number of anilines is 1. The number of nitrogens with one attached hydrogen (secondary N) is 1. The summed E-state index contributed by atoms with van der Waals surface area (Å²) in [4.78, 5) is 12.5. The van der Waals surface area contributed by atoms with E-state index >= 15 is 0 Å². The summed E-state index contributed by atoms with van der Waals surface area (Å²) >= 11 is 0. The van der Waals surface area contributed by atoms with Crippen LogP contribution in [-0.4, -0.2) is 19.1 Å². The molecule has 0 fully saturated rings. The second-order valence-electron chi connectivity index (χ2n) is 5.26. The van der Waals surface area contributed by atoms with E-state index in [0.29, 0.717) is 24.7 Å². The molecule has 1 N–H and O–H groups in total. The molecular weight excluding hydrogens is 278 g/mol. The molecule has 1 rings (SSSR count). The Balaban J connectivity index is 2.87. The molecule has 0 spiro atoms. The van der Waals surface area contributed by atoms with Gasteiger partial charge in [0.2, 0.25) is 5.91 Å². The number of unbranched alkanes of at least 4 members (excludes halogenated alkanes) is 1. The summed E-state index contributed by atoms with van der Waals surface area (Å²) in [7, 11) is 0. The highest BCUT2D eigenvalue weighted by Gasteiger charge is 2.18. The van der Waals surface area contributed by atoms with E-state index in [0.717, 1.165) is 31.4 Å². The Labute approximate surface area is 134 Å². The van der Waals surface area contributed by atoms with Crippen LogP contribution >= 0.6 is 0 Å². The number of benzene rings is 1. The maximum absolute atomic E-state index is 12.5. The fourth-order valence-corrected chi connectivity index (χ4v) is 2.35. The van der Waals surface area contributed by atoms with Crippen molar-refractivity contribution in [2.75, 3.05) is 18.5 Å². The zero-order valence-corrected chi connectivity index (χ0v) is 14.3. The summed E-state index contributed by atoms with van der Waals surface area (Å²) in [6.07, 6.45) is 3.95. The molecule has 4 heteroatoms. The molecule has 0 saturated carbocycles. The molecule has 0 aliphatic carbocycles. The quantitative estimate of drug-likeness (QED) is 0.685. The predicted octanol–water partition coefficient (Wildman–Crippen LogP) is 4.64. The molecular formula is C18H29NO3. The van der Waals surface area contributed by atoms with Crippen LogP contribution in [-0.2, 0) is 4.79 Å². The summed E-state index contributed by atoms with van der Waals surface area (Å²) in [5.74, 6) is 1.53. The van der Waals surface area contributed by atoms with Crippen molar-refractivity contribution in [3.63, 3.8) is 0 Å². The van der Waals surface area contributed by atoms with E-state index in [4.69, 9.17) is 9.47 Å². The molecule has 4 nitrogen and oxygen atoms in total. The largest absolute Gasteiger partial charge is 0.494 e. The van der Waals surface area contributed by atoms with Gasteiger partial charge in [-0.15, -0.1) is 0 Å². The van der Waals surface area contributed by atoms with Gasteiger partial charge in [0, 0.05) is 12.0 Å². The molecule has 1 atom stereocenters. The number of carbonyl (C=O) groups excluding carboxylic acids is 1. The molecule has 1 amide bonds. The zero-order valence-electron chi connectivity index (χ0n) is 14.3. The maximum Gasteiger partial charge on any atom is 0.227 e. The van der Waals surface area contributed by atoms with Gasteiger partial charge in [-0.3, -0.25) is 4.79 Å². The van der Waals surface area contributed by atoms with Crippen LogP contribution in [0.1, 0.15) is 53.4 Å². The van der Waals surface area contributed by atoms with Gasteiger partial charge < -0.3 is 14.8 Å². The summed E-state index contributed by atoms with van der Waals surface area (Å²) < 4.78 is 11.1. The average molecular weight is 307 g/mol. The first-order valence-electron chi connectivity index (χ1n) is 8.36. The Morgan fingerprint density at radius 2 is 1.86 bits per heavy atom. The average Bonchev–Trinajstić information content (AvgIpc) is 2.51. The van der Waals surface area contributed by atoms with Crippen molar-refractivity contribution in [3.8, 4) is 11.5 Å². The SMILES string of the molecule is CCCCC(CC)C(=O)Nc1cc(OCC)ccc1OCC. The van der Waals surface area contributed by atoms with Crippen LogP contribution in [0.5, 0.6) is 11.5 Å². The molecule has 0 bridgehead atoms. The highest BCUT2D eigenvalue weighted by Crippen LogP contribution is 2.30. The molecule has 1 aromatic carbocycles. The van der Waals surface area contributed by atoms with Crippen molar-refractivity contribution in [2.24, 2.45) is 5.92 Å². The normalized spacial score (nSPS) is 11.8. The van der Waals surface area contributed by atoms with Gasteiger partial charge in [0.25, 0.3) is 0 Å². The van der Waals surface area contributed by atoms with Crippen LogP contribution in [0.4, 0.5) is 5.69 Å². The van der Waals surface area contributed by atoms with Crippen molar-refractivity contribution in [2.45, 2.75) is 53.4 Å². The Bertz CT molecular complexity index is 460. The van der Waals surface area contributed by atoms with Gasteiger partial charge in [-0.1, -0.05) is 26.7 Å². The standard InChI is InChI=1S/C18H29NO3/c1-5-9-10-14(6-2)18(20)19-16-13-15(21-7-3)11-12-17(16)22-8-4/h11-14H,5-10H2,1-4H3,(H,19,20). The smallest absolute Gasteiger partial charge is 0.227 e. The summed E-state index contributed by atoms with van der Waals surface area (Å²) in [6.45, 7) is 9.22. The minimum Gasteiger partial charge on any atom is -0.494 e. The fourth-order valence-electron chi connectivity index (χ4n) is 2.35. The third-order valence-corrected chi connectivity index (χ3v) is 3.59. The van der Waals surface area contributed by atoms with Crippen LogP contribution in [0, 0.1) is 5.92 Å². The van der Waals surface area contributed by atoms with Gasteiger partial charge in [0.15, 0.2) is 0 Å². The topological polar surface area (TPSA) is 47.6 Å². The molecule has 1 aromatic rings. The van der Waals surface area contributed by atoms with E-state index in [1.54, 1.807) is 0 Å². The lowest BCUT2D eigenvalue weighted by molar-refractivity contribution is -0.120. The number of hydrogen-bond donors (Lipinski definition) is 1. The summed E-state index contributed by atoms with van der Waals surface area (Å²) in [5, 5.41) is 3.01. The highest BCUT2D eigenvalue weighted by molar-refractivity contribution is 5.94. The second-order valence-corrected chi connectivity index (χ2v) is 5.26. The molecule has 0 heterocycles. The number of rotatable bonds is 10. The van der Waals surface area contributed by atoms with E-state index in [1.165, 1.54) is 0 Å². The third-order valence-electron chi connectivity index (χ3n) is 3.59. The van der Waals surface area contributed by atoms with Crippen molar-refractivity contribution in [3.05, 3.63) is 18.2 Å². The van der Waals surface area contributed by atoms with Gasteiger partial charge in [0.1, 0.15) is 11.5 Å². The minimum absolute atomic E-state index is 0.0465. The van der Waals surface area contributed by atoms with Crippen LogP contribution in [0.2, 0.25) is 0 Å². The van der Waals surface area contributed by atoms with Crippen molar-refractivity contribution < 1.29 is 14.3 Å². The van der Waals surface area contributed by atoms with Crippen LogP contribution in [0.25, 0.3) is 0 Å². The molecule has 124 valence electrons. The van der Waals surface area contributed by atoms with E-state index in [-0.39, 0.29) is 11.8 Å². The van der Waals surface area contributed by atoms with Crippen molar-refractivity contribution >= 4 is 11.6 Å². The van der Waals surface area contributed by atoms with Gasteiger partial charge in [-0.2, -0.15) is 0 Å². The molecule has 0 saturated heterocycles. The lowest BCUT2D eigenvalue weighted by atomic mass is 9.98. The number of ether oxygens (including phenoxy) is 2. The van der Waals surface area contributed by atoms with Gasteiger partial charge in [-0.05, 0) is 38.8 Å². The Morgan fingerprint density at radius 3 is 2.45 bits per heavy atom. The first kappa shape index (κ1) is 18.3. The second kappa shape index (κ2) is 10.1. The van der Waals surface area contributed by atoms with E-state index in [9.17, 15) is 4.79 Å². The third kappa shape index (κ3) is 5.58. The first-order valence-corrected chi connectivity index (χ1v) is 8.36. The Hall–Kier alpha value is -1.71. The monoisotopic (exact) mass is 307 g/mol. The first-order chi connectivity index (χ1) is 10.7. The highest BCUT2D eigenvalue weighted by atomic mass is 16.5. The minimum atomic E-state index is 0.0465. The number of amides is 1. The zero-order chi connectivity index (χ0) is 16.4. The van der Waals surface area contributed by atoms with E-state index < -0.39 is 0 Å². The van der Waals surface area contributed by atoms with E-state index in [1.807, 2.05) is 32.0 Å². The Kier molecular flexibility index (Phi) is 8.41. The van der Waals surface area contributed by atoms with Crippen LogP contribution in [0.15, 0.2) is 18.2 Å².